The lowest BCUT2D eigenvalue weighted by Crippen LogP contribution is -2.15. The largest absolute Gasteiger partial charge is 0.247 e. The summed E-state index contributed by atoms with van der Waals surface area (Å²) in [6, 6.07) is 0. The molecule has 0 aromatic carbocycles. The van der Waals surface area contributed by atoms with Gasteiger partial charge in [-0.25, -0.2) is 4.39 Å². The van der Waals surface area contributed by atoms with E-state index in [-0.39, 0.29) is 5.38 Å². The van der Waals surface area contributed by atoms with E-state index in [4.69, 9.17) is 11.6 Å². The van der Waals surface area contributed by atoms with Gasteiger partial charge in [0.1, 0.15) is 6.17 Å². The van der Waals surface area contributed by atoms with E-state index in [9.17, 15) is 4.39 Å². The number of halogens is 2. The lowest BCUT2D eigenvalue weighted by atomic mass is 9.99. The van der Waals surface area contributed by atoms with Crippen molar-refractivity contribution in [2.24, 2.45) is 0 Å². The fraction of sp³-hybridized carbons (Fsp3) is 1.00. The zero-order valence-electron chi connectivity index (χ0n) is 4.74. The Morgan fingerprint density at radius 3 is 2.50 bits per heavy atom. The first-order chi connectivity index (χ1) is 3.79. The summed E-state index contributed by atoms with van der Waals surface area (Å²) in [6.45, 7) is 0. The Hall–Kier alpha value is 0.220. The summed E-state index contributed by atoms with van der Waals surface area (Å²) in [5.74, 6) is 0. The third-order valence-electron chi connectivity index (χ3n) is 1.55. The van der Waals surface area contributed by atoms with Crippen LogP contribution in [0.25, 0.3) is 0 Å². The van der Waals surface area contributed by atoms with Crippen molar-refractivity contribution in [2.75, 3.05) is 0 Å². The molecule has 8 heavy (non-hydrogen) atoms. The van der Waals surface area contributed by atoms with Gasteiger partial charge in [-0.3, -0.25) is 0 Å². The molecule has 1 saturated carbocycles. The number of alkyl halides is 2. The van der Waals surface area contributed by atoms with Crippen molar-refractivity contribution in [3.63, 3.8) is 0 Å². The molecule has 0 bridgehead atoms. The second-order valence-electron chi connectivity index (χ2n) is 2.36. The van der Waals surface area contributed by atoms with Crippen LogP contribution in [0.1, 0.15) is 25.7 Å². The van der Waals surface area contributed by atoms with Gasteiger partial charge in [-0.15, -0.1) is 11.6 Å². The molecule has 0 aliphatic heterocycles. The van der Waals surface area contributed by atoms with Crippen LogP contribution < -0.4 is 0 Å². The topological polar surface area (TPSA) is 0 Å². The minimum absolute atomic E-state index is 0.110. The van der Waals surface area contributed by atoms with Gasteiger partial charge in [0.25, 0.3) is 0 Å². The molecule has 0 radical (unpaired) electrons. The number of rotatable bonds is 0. The van der Waals surface area contributed by atoms with Crippen LogP contribution in [-0.2, 0) is 0 Å². The Kier molecular flexibility index (Phi) is 2.12. The summed E-state index contributed by atoms with van der Waals surface area (Å²) in [7, 11) is 0. The fourth-order valence-electron chi connectivity index (χ4n) is 1.07. The standard InChI is InChI=1S/C6H10ClF/c7-5-2-1-3-6(8)4-5/h5-6H,1-4H2/t5-,6+/m0/s1. The average molecular weight is 137 g/mol. The molecule has 2 atom stereocenters. The molecule has 0 N–H and O–H groups in total. The molecule has 0 nitrogen and oxygen atoms in total. The molecule has 2 heteroatoms. The summed E-state index contributed by atoms with van der Waals surface area (Å²) < 4.78 is 12.3. The maximum Gasteiger partial charge on any atom is 0.102 e. The minimum atomic E-state index is -0.619. The SMILES string of the molecule is F[C@@H]1CCC[C@H](Cl)C1. The molecule has 48 valence electrons. The van der Waals surface area contributed by atoms with Gasteiger partial charge in [0.05, 0.1) is 0 Å². The van der Waals surface area contributed by atoms with Gasteiger partial charge in [-0.05, 0) is 25.7 Å². The van der Waals surface area contributed by atoms with Gasteiger partial charge in [-0.1, -0.05) is 0 Å². The maximum absolute atomic E-state index is 12.3. The van der Waals surface area contributed by atoms with Crippen LogP contribution in [0.4, 0.5) is 4.39 Å². The third-order valence-corrected chi connectivity index (χ3v) is 1.94. The third kappa shape index (κ3) is 1.62. The fourth-order valence-corrected chi connectivity index (χ4v) is 1.42. The second-order valence-corrected chi connectivity index (χ2v) is 2.98. The Balaban J connectivity index is 2.23. The smallest absolute Gasteiger partial charge is 0.102 e. The molecule has 1 rings (SSSR count). The highest BCUT2D eigenvalue weighted by Gasteiger charge is 2.18. The van der Waals surface area contributed by atoms with Crippen molar-refractivity contribution in [1.29, 1.82) is 0 Å². The van der Waals surface area contributed by atoms with Crippen LogP contribution in [0.3, 0.4) is 0 Å². The first kappa shape index (κ1) is 6.34. The molecule has 0 spiro atoms. The molecule has 0 heterocycles. The van der Waals surface area contributed by atoms with Crippen LogP contribution in [0.2, 0.25) is 0 Å². The number of hydrogen-bond donors (Lipinski definition) is 0. The van der Waals surface area contributed by atoms with Crippen LogP contribution in [-0.4, -0.2) is 11.5 Å². The molecular formula is C6H10ClF. The van der Waals surface area contributed by atoms with E-state index in [0.717, 1.165) is 19.3 Å². The van der Waals surface area contributed by atoms with Gasteiger partial charge in [0.2, 0.25) is 0 Å². The Bertz CT molecular complexity index is 66.9. The zero-order valence-corrected chi connectivity index (χ0v) is 5.49. The van der Waals surface area contributed by atoms with Gasteiger partial charge in [-0.2, -0.15) is 0 Å². The predicted molar refractivity (Wildman–Crippen MR) is 33.0 cm³/mol. The number of hydrogen-bond acceptors (Lipinski definition) is 0. The van der Waals surface area contributed by atoms with Crippen molar-refractivity contribution in [3.8, 4) is 0 Å². The van der Waals surface area contributed by atoms with Crippen molar-refractivity contribution < 1.29 is 4.39 Å². The Morgan fingerprint density at radius 1 is 1.38 bits per heavy atom. The molecule has 1 aliphatic carbocycles. The van der Waals surface area contributed by atoms with E-state index in [1.807, 2.05) is 0 Å². The van der Waals surface area contributed by atoms with Crippen LogP contribution in [0, 0.1) is 0 Å². The highest BCUT2D eigenvalue weighted by Crippen LogP contribution is 2.24. The van der Waals surface area contributed by atoms with E-state index in [0.29, 0.717) is 6.42 Å². The van der Waals surface area contributed by atoms with Crippen molar-refractivity contribution in [2.45, 2.75) is 37.2 Å². The molecule has 0 aromatic heterocycles. The van der Waals surface area contributed by atoms with Gasteiger partial charge in [0.15, 0.2) is 0 Å². The second kappa shape index (κ2) is 2.67. The molecule has 0 unspecified atom stereocenters. The van der Waals surface area contributed by atoms with Crippen LogP contribution in [0.5, 0.6) is 0 Å². The molecular weight excluding hydrogens is 127 g/mol. The van der Waals surface area contributed by atoms with Crippen LogP contribution in [0.15, 0.2) is 0 Å². The van der Waals surface area contributed by atoms with Gasteiger partial charge < -0.3 is 0 Å². The van der Waals surface area contributed by atoms with E-state index in [1.165, 1.54) is 0 Å². The van der Waals surface area contributed by atoms with E-state index in [2.05, 4.69) is 0 Å². The average Bonchev–Trinajstić information content (AvgIpc) is 1.64. The first-order valence-electron chi connectivity index (χ1n) is 3.07. The predicted octanol–water partition coefficient (Wildman–Crippen LogP) is 2.51. The summed E-state index contributed by atoms with van der Waals surface area (Å²) >= 11 is 5.67. The van der Waals surface area contributed by atoms with Gasteiger partial charge in [0, 0.05) is 5.38 Å². The normalized spacial score (nSPS) is 39.8. The highest BCUT2D eigenvalue weighted by molar-refractivity contribution is 6.20. The molecule has 1 aliphatic rings. The van der Waals surface area contributed by atoms with Crippen molar-refractivity contribution >= 4 is 11.6 Å². The van der Waals surface area contributed by atoms with E-state index in [1.54, 1.807) is 0 Å². The maximum atomic E-state index is 12.3. The molecule has 0 aromatic rings. The Labute approximate surface area is 54.0 Å². The molecule has 1 fully saturated rings. The summed E-state index contributed by atoms with van der Waals surface area (Å²) in [4.78, 5) is 0. The van der Waals surface area contributed by atoms with E-state index >= 15 is 0 Å². The Morgan fingerprint density at radius 2 is 2.12 bits per heavy atom. The van der Waals surface area contributed by atoms with E-state index < -0.39 is 6.17 Å². The quantitative estimate of drug-likeness (QED) is 0.449. The monoisotopic (exact) mass is 136 g/mol. The first-order valence-corrected chi connectivity index (χ1v) is 3.51. The molecule has 0 saturated heterocycles. The summed E-state index contributed by atoms with van der Waals surface area (Å²) in [5, 5.41) is 0.110. The van der Waals surface area contributed by atoms with Crippen molar-refractivity contribution in [1.82, 2.24) is 0 Å². The lowest BCUT2D eigenvalue weighted by Gasteiger charge is -2.18. The van der Waals surface area contributed by atoms with Gasteiger partial charge >= 0.3 is 0 Å². The highest BCUT2D eigenvalue weighted by atomic mass is 35.5. The lowest BCUT2D eigenvalue weighted by molar-refractivity contribution is 0.254. The summed E-state index contributed by atoms with van der Waals surface area (Å²) in [6.07, 6.45) is 2.65. The molecule has 0 amide bonds. The van der Waals surface area contributed by atoms with Crippen molar-refractivity contribution in [3.05, 3.63) is 0 Å². The van der Waals surface area contributed by atoms with Crippen LogP contribution >= 0.6 is 11.6 Å². The minimum Gasteiger partial charge on any atom is -0.247 e. The zero-order chi connectivity index (χ0) is 5.98. The summed E-state index contributed by atoms with van der Waals surface area (Å²) in [5.41, 5.74) is 0.